The van der Waals surface area contributed by atoms with Crippen molar-refractivity contribution >= 4 is 17.1 Å². The highest BCUT2D eigenvalue weighted by molar-refractivity contribution is 7.91. The molecule has 18 heavy (non-hydrogen) atoms. The molecule has 100 valence electrons. The summed E-state index contributed by atoms with van der Waals surface area (Å²) < 4.78 is 16.0. The van der Waals surface area contributed by atoms with Crippen molar-refractivity contribution in [2.75, 3.05) is 0 Å². The van der Waals surface area contributed by atoms with Crippen molar-refractivity contribution < 1.29 is 4.55 Å². The molecule has 0 amide bonds. The second-order valence-electron chi connectivity index (χ2n) is 5.82. The molecule has 0 radical (unpaired) electrons. The van der Waals surface area contributed by atoms with Crippen LogP contribution in [-0.2, 0) is 11.4 Å². The van der Waals surface area contributed by atoms with Gasteiger partial charge in [0.1, 0.15) is 16.1 Å². The monoisotopic (exact) mass is 265 g/mol. The zero-order chi connectivity index (χ0) is 13.9. The van der Waals surface area contributed by atoms with E-state index in [0.29, 0.717) is 5.92 Å². The minimum absolute atomic E-state index is 0.309. The van der Waals surface area contributed by atoms with Crippen LogP contribution in [0, 0.1) is 0 Å². The fourth-order valence-corrected chi connectivity index (χ4v) is 2.06. The highest BCUT2D eigenvalue weighted by Crippen LogP contribution is 2.20. The summed E-state index contributed by atoms with van der Waals surface area (Å²) in [7, 11) is 0. The van der Waals surface area contributed by atoms with Crippen LogP contribution in [0.4, 0.5) is 0 Å². The van der Waals surface area contributed by atoms with Crippen molar-refractivity contribution in [1.82, 2.24) is 0 Å². The Morgan fingerprint density at radius 2 is 1.89 bits per heavy atom. The van der Waals surface area contributed by atoms with Gasteiger partial charge in [0.15, 0.2) is 0 Å². The molecule has 0 aliphatic rings. The zero-order valence-corrected chi connectivity index (χ0v) is 13.0. The van der Waals surface area contributed by atoms with Crippen LogP contribution in [0.1, 0.15) is 58.6 Å². The fourth-order valence-electron chi connectivity index (χ4n) is 1.44. The lowest BCUT2D eigenvalue weighted by Gasteiger charge is -2.19. The summed E-state index contributed by atoms with van der Waals surface area (Å²) in [5.74, 6) is 0.492. The third-order valence-electron chi connectivity index (χ3n) is 2.71. The minimum atomic E-state index is -1.20. The van der Waals surface area contributed by atoms with Crippen molar-refractivity contribution in [3.63, 3.8) is 0 Å². The van der Waals surface area contributed by atoms with E-state index in [4.69, 9.17) is 0 Å². The number of nitrogens with zero attached hydrogens (tertiary/aromatic N) is 1. The third-order valence-corrected chi connectivity index (χ3v) is 4.20. The number of hydrogen-bond donors (Lipinski definition) is 0. The van der Waals surface area contributed by atoms with Crippen LogP contribution < -0.4 is 0 Å². The van der Waals surface area contributed by atoms with E-state index < -0.39 is 11.4 Å². The van der Waals surface area contributed by atoms with Crippen molar-refractivity contribution in [1.29, 1.82) is 0 Å². The molecule has 1 aromatic rings. The molecule has 0 spiro atoms. The highest BCUT2D eigenvalue weighted by Gasteiger charge is 2.26. The van der Waals surface area contributed by atoms with Gasteiger partial charge in [-0.15, -0.1) is 0 Å². The van der Waals surface area contributed by atoms with Crippen LogP contribution >= 0.6 is 0 Å². The van der Waals surface area contributed by atoms with Crippen molar-refractivity contribution in [2.24, 2.45) is 4.40 Å². The van der Waals surface area contributed by atoms with Gasteiger partial charge < -0.3 is 4.55 Å². The molecule has 0 N–H and O–H groups in total. The van der Waals surface area contributed by atoms with Crippen LogP contribution in [0.25, 0.3) is 0 Å². The summed E-state index contributed by atoms with van der Waals surface area (Å²) in [4.78, 5) is 0. The predicted molar refractivity (Wildman–Crippen MR) is 80.6 cm³/mol. The molecule has 1 aromatic carbocycles. The average molecular weight is 265 g/mol. The topological polar surface area (TPSA) is 35.4 Å². The Balaban J connectivity index is 3.00. The van der Waals surface area contributed by atoms with E-state index in [9.17, 15) is 4.55 Å². The van der Waals surface area contributed by atoms with E-state index in [1.54, 1.807) is 0 Å². The maximum Gasteiger partial charge on any atom is 0.144 e. The van der Waals surface area contributed by atoms with Crippen molar-refractivity contribution in [3.05, 3.63) is 35.4 Å². The Kier molecular flexibility index (Phi) is 5.00. The number of benzene rings is 1. The second kappa shape index (κ2) is 5.89. The smallest absolute Gasteiger partial charge is 0.144 e. The summed E-state index contributed by atoms with van der Waals surface area (Å²) in [6.45, 7) is 12.1. The van der Waals surface area contributed by atoms with E-state index in [-0.39, 0.29) is 4.75 Å². The molecule has 3 heteroatoms. The van der Waals surface area contributed by atoms with Crippen molar-refractivity contribution in [2.45, 2.75) is 52.2 Å². The molecular formula is C15H23NOS. The lowest BCUT2D eigenvalue weighted by atomic mass is 9.99. The Labute approximate surface area is 114 Å². The van der Waals surface area contributed by atoms with E-state index in [1.165, 1.54) is 5.56 Å². The normalized spacial score (nSPS) is 15.0. The van der Waals surface area contributed by atoms with Crippen LogP contribution in [0.3, 0.4) is 0 Å². The van der Waals surface area contributed by atoms with Crippen LogP contribution in [-0.4, -0.2) is 15.0 Å². The fraction of sp³-hybridized carbons (Fsp3) is 0.533. The van der Waals surface area contributed by atoms with Gasteiger partial charge in [-0.25, -0.2) is 0 Å². The maximum atomic E-state index is 12.0. The summed E-state index contributed by atoms with van der Waals surface area (Å²) in [5.41, 5.74) is 3.17. The lowest BCUT2D eigenvalue weighted by molar-refractivity contribution is 0.561. The van der Waals surface area contributed by atoms with E-state index in [2.05, 4.69) is 30.4 Å². The molecule has 0 unspecified atom stereocenters. The van der Waals surface area contributed by atoms with Gasteiger partial charge in [-0.05, 0) is 45.2 Å². The molecule has 0 bridgehead atoms. The van der Waals surface area contributed by atoms with Gasteiger partial charge >= 0.3 is 0 Å². The Morgan fingerprint density at radius 1 is 1.28 bits per heavy atom. The SMILES string of the molecule is C/C(=N\[S@@+]([O-])C(C)(C)C)c1cccc(C(C)C)c1. The van der Waals surface area contributed by atoms with Crippen LogP contribution in [0.15, 0.2) is 28.7 Å². The van der Waals surface area contributed by atoms with Gasteiger partial charge in [-0.1, -0.05) is 36.4 Å². The van der Waals surface area contributed by atoms with Crippen molar-refractivity contribution in [3.8, 4) is 0 Å². The molecule has 0 saturated carbocycles. The summed E-state index contributed by atoms with van der Waals surface area (Å²) in [6, 6.07) is 8.29. The summed E-state index contributed by atoms with van der Waals surface area (Å²) >= 11 is -1.20. The molecule has 0 heterocycles. The van der Waals surface area contributed by atoms with Gasteiger partial charge in [0, 0.05) is 5.56 Å². The van der Waals surface area contributed by atoms with E-state index >= 15 is 0 Å². The van der Waals surface area contributed by atoms with Gasteiger partial charge in [0.25, 0.3) is 0 Å². The highest BCUT2D eigenvalue weighted by atomic mass is 32.2. The molecule has 1 rings (SSSR count). The molecule has 1 atom stereocenters. The third kappa shape index (κ3) is 4.14. The Morgan fingerprint density at radius 3 is 2.39 bits per heavy atom. The molecule has 0 saturated heterocycles. The van der Waals surface area contributed by atoms with Gasteiger partial charge in [0.2, 0.25) is 0 Å². The molecule has 0 fully saturated rings. The standard InChI is InChI=1S/C15H23NOS/c1-11(2)13-8-7-9-14(10-13)12(3)16-18(17)15(4,5)6/h7-11H,1-6H3/b16-12+/t18-/m0/s1. The quantitative estimate of drug-likeness (QED) is 0.599. The number of hydrogen-bond acceptors (Lipinski definition) is 2. The van der Waals surface area contributed by atoms with E-state index in [1.807, 2.05) is 39.8 Å². The molecule has 2 nitrogen and oxygen atoms in total. The minimum Gasteiger partial charge on any atom is -0.591 e. The largest absolute Gasteiger partial charge is 0.591 e. The van der Waals surface area contributed by atoms with E-state index in [0.717, 1.165) is 11.3 Å². The van der Waals surface area contributed by atoms with Gasteiger partial charge in [-0.3, -0.25) is 0 Å². The van der Waals surface area contributed by atoms with Crippen LogP contribution in [0.2, 0.25) is 0 Å². The Bertz CT molecular complexity index is 432. The first-order valence-corrected chi connectivity index (χ1v) is 7.40. The first-order valence-electron chi connectivity index (χ1n) is 6.29. The first-order chi connectivity index (χ1) is 8.21. The molecule has 0 aliphatic heterocycles. The summed E-state index contributed by atoms with van der Waals surface area (Å²) in [6.07, 6.45) is 0. The predicted octanol–water partition coefficient (Wildman–Crippen LogP) is 4.08. The Hall–Kier alpha value is -0.800. The molecule has 0 aliphatic carbocycles. The average Bonchev–Trinajstić information content (AvgIpc) is 2.27. The van der Waals surface area contributed by atoms with Gasteiger partial charge in [0.05, 0.1) is 5.71 Å². The first kappa shape index (κ1) is 15.3. The maximum absolute atomic E-state index is 12.0. The second-order valence-corrected chi connectivity index (χ2v) is 7.72. The summed E-state index contributed by atoms with van der Waals surface area (Å²) in [5, 5.41) is 0. The molecular weight excluding hydrogens is 242 g/mol. The van der Waals surface area contributed by atoms with Crippen LogP contribution in [0.5, 0.6) is 0 Å². The molecule has 0 aromatic heterocycles. The zero-order valence-electron chi connectivity index (χ0n) is 12.2. The van der Waals surface area contributed by atoms with Gasteiger partial charge in [-0.2, -0.15) is 0 Å². The number of rotatable bonds is 3. The lowest BCUT2D eigenvalue weighted by Crippen LogP contribution is -2.26.